The number of benzene rings is 2. The number of thiocarbonyl (C=S) groups is 1. The molecule has 0 bridgehead atoms. The second-order valence-corrected chi connectivity index (χ2v) is 7.06. The minimum absolute atomic E-state index is 0.195. The summed E-state index contributed by atoms with van der Waals surface area (Å²) in [7, 11) is -2.07. The van der Waals surface area contributed by atoms with E-state index in [0.717, 1.165) is 11.4 Å². The third kappa shape index (κ3) is 4.92. The second-order valence-electron chi connectivity index (χ2n) is 4.77. The van der Waals surface area contributed by atoms with E-state index in [1.165, 1.54) is 19.2 Å². The molecular weight excluding hydrogens is 346 g/mol. The summed E-state index contributed by atoms with van der Waals surface area (Å²) in [6, 6.07) is 13.7. The van der Waals surface area contributed by atoms with Crippen molar-refractivity contribution in [3.63, 3.8) is 0 Å². The maximum atomic E-state index is 11.7. The molecule has 6 nitrogen and oxygen atoms in total. The van der Waals surface area contributed by atoms with Crippen LogP contribution in [0.25, 0.3) is 0 Å². The van der Waals surface area contributed by atoms with Crippen LogP contribution in [0, 0.1) is 0 Å². The van der Waals surface area contributed by atoms with E-state index < -0.39 is 10.0 Å². The average Bonchev–Trinajstić information content (AvgIpc) is 2.57. The fourth-order valence-electron chi connectivity index (χ4n) is 1.93. The number of sulfonamides is 1. The maximum Gasteiger partial charge on any atom is 0.240 e. The molecule has 8 heteroatoms. The summed E-state index contributed by atoms with van der Waals surface area (Å²) in [5.41, 5.74) is 1.51. The van der Waals surface area contributed by atoms with Gasteiger partial charge in [0.1, 0.15) is 5.75 Å². The van der Waals surface area contributed by atoms with Gasteiger partial charge in [0.15, 0.2) is 5.11 Å². The first-order valence-corrected chi connectivity index (χ1v) is 9.18. The SMILES string of the molecule is CCOc1ccc(NC(=S)Nc2ccc(S(=O)(=O)NC)cc2)cc1. The van der Waals surface area contributed by atoms with E-state index in [1.807, 2.05) is 31.2 Å². The standard InChI is InChI=1S/C16H19N3O3S2/c1-3-22-14-8-4-12(5-9-14)18-16(23)19-13-6-10-15(11-7-13)24(20,21)17-2/h4-11,17H,3H2,1-2H3,(H2,18,19,23). The molecular formula is C16H19N3O3S2. The number of ether oxygens (including phenoxy) is 1. The van der Waals surface area contributed by atoms with Gasteiger partial charge in [0.25, 0.3) is 0 Å². The zero-order valence-electron chi connectivity index (χ0n) is 13.4. The molecule has 0 aliphatic heterocycles. The van der Waals surface area contributed by atoms with Crippen LogP contribution in [0.2, 0.25) is 0 Å². The van der Waals surface area contributed by atoms with Crippen LogP contribution < -0.4 is 20.1 Å². The number of hydrogen-bond donors (Lipinski definition) is 3. The summed E-state index contributed by atoms with van der Waals surface area (Å²) in [5.74, 6) is 0.795. The molecule has 0 amide bonds. The maximum absolute atomic E-state index is 11.7. The van der Waals surface area contributed by atoms with Crippen LogP contribution in [0.3, 0.4) is 0 Å². The normalized spacial score (nSPS) is 10.9. The van der Waals surface area contributed by atoms with Crippen LogP contribution in [0.4, 0.5) is 11.4 Å². The molecule has 0 atom stereocenters. The van der Waals surface area contributed by atoms with Gasteiger partial charge >= 0.3 is 0 Å². The van der Waals surface area contributed by atoms with Gasteiger partial charge in [-0.15, -0.1) is 0 Å². The highest BCUT2D eigenvalue weighted by Crippen LogP contribution is 2.17. The lowest BCUT2D eigenvalue weighted by Gasteiger charge is -2.11. The largest absolute Gasteiger partial charge is 0.494 e. The van der Waals surface area contributed by atoms with E-state index >= 15 is 0 Å². The molecule has 0 unspecified atom stereocenters. The zero-order valence-corrected chi connectivity index (χ0v) is 15.0. The topological polar surface area (TPSA) is 79.5 Å². The highest BCUT2D eigenvalue weighted by atomic mass is 32.2. The molecule has 0 fully saturated rings. The van der Waals surface area contributed by atoms with Gasteiger partial charge in [-0.2, -0.15) is 0 Å². The highest BCUT2D eigenvalue weighted by Gasteiger charge is 2.10. The predicted octanol–water partition coefficient (Wildman–Crippen LogP) is 2.80. The van der Waals surface area contributed by atoms with Crippen molar-refractivity contribution in [1.29, 1.82) is 0 Å². The molecule has 2 rings (SSSR count). The first-order valence-electron chi connectivity index (χ1n) is 7.29. The summed E-state index contributed by atoms with van der Waals surface area (Å²) >= 11 is 5.25. The minimum Gasteiger partial charge on any atom is -0.494 e. The Morgan fingerprint density at radius 3 is 1.96 bits per heavy atom. The molecule has 0 saturated heterocycles. The Balaban J connectivity index is 1.97. The van der Waals surface area contributed by atoms with Gasteiger partial charge in [-0.3, -0.25) is 0 Å². The number of anilines is 2. The number of hydrogen-bond acceptors (Lipinski definition) is 4. The summed E-state index contributed by atoms with van der Waals surface area (Å²) in [6.45, 7) is 2.55. The molecule has 0 aliphatic carbocycles. The Morgan fingerprint density at radius 2 is 1.50 bits per heavy atom. The van der Waals surface area contributed by atoms with Crippen LogP contribution in [0.1, 0.15) is 6.92 Å². The van der Waals surface area contributed by atoms with Gasteiger partial charge in [0.2, 0.25) is 10.0 Å². The first-order chi connectivity index (χ1) is 11.4. The highest BCUT2D eigenvalue weighted by molar-refractivity contribution is 7.89. The lowest BCUT2D eigenvalue weighted by atomic mass is 10.3. The van der Waals surface area contributed by atoms with Crippen LogP contribution in [-0.4, -0.2) is 27.2 Å². The van der Waals surface area contributed by atoms with E-state index in [-0.39, 0.29) is 4.90 Å². The molecule has 0 heterocycles. The van der Waals surface area contributed by atoms with Gasteiger partial charge in [0.05, 0.1) is 11.5 Å². The van der Waals surface area contributed by atoms with E-state index in [9.17, 15) is 8.42 Å². The van der Waals surface area contributed by atoms with Crippen molar-refractivity contribution in [1.82, 2.24) is 4.72 Å². The molecule has 3 N–H and O–H groups in total. The van der Waals surface area contributed by atoms with E-state index in [0.29, 0.717) is 17.4 Å². The third-order valence-corrected chi connectivity index (χ3v) is 4.75. The minimum atomic E-state index is -3.44. The van der Waals surface area contributed by atoms with Crippen LogP contribution in [0.15, 0.2) is 53.4 Å². The third-order valence-electron chi connectivity index (χ3n) is 3.11. The van der Waals surface area contributed by atoms with Crippen molar-refractivity contribution in [2.75, 3.05) is 24.3 Å². The molecule has 2 aromatic rings. The Morgan fingerprint density at radius 1 is 1.00 bits per heavy atom. The van der Waals surface area contributed by atoms with Crippen molar-refractivity contribution < 1.29 is 13.2 Å². The van der Waals surface area contributed by atoms with Gasteiger partial charge < -0.3 is 15.4 Å². The molecule has 0 radical (unpaired) electrons. The van der Waals surface area contributed by atoms with Gasteiger partial charge in [0, 0.05) is 11.4 Å². The Hall–Kier alpha value is -2.16. The lowest BCUT2D eigenvalue weighted by molar-refractivity contribution is 0.340. The Kier molecular flexibility index (Phi) is 6.13. The van der Waals surface area contributed by atoms with Crippen molar-refractivity contribution in [3.8, 4) is 5.75 Å². The van der Waals surface area contributed by atoms with E-state index in [1.54, 1.807) is 12.1 Å². The zero-order chi connectivity index (χ0) is 17.6. The van der Waals surface area contributed by atoms with E-state index in [2.05, 4.69) is 15.4 Å². The van der Waals surface area contributed by atoms with Crippen LogP contribution in [-0.2, 0) is 10.0 Å². The van der Waals surface area contributed by atoms with Gasteiger partial charge in [-0.25, -0.2) is 13.1 Å². The van der Waals surface area contributed by atoms with Crippen molar-refractivity contribution in [2.45, 2.75) is 11.8 Å². The van der Waals surface area contributed by atoms with Crippen LogP contribution in [0.5, 0.6) is 5.75 Å². The first kappa shape index (κ1) is 18.2. The Labute approximate surface area is 147 Å². The van der Waals surface area contributed by atoms with Crippen molar-refractivity contribution in [2.24, 2.45) is 0 Å². The summed E-state index contributed by atoms with van der Waals surface area (Å²) in [6.07, 6.45) is 0. The van der Waals surface area contributed by atoms with Gasteiger partial charge in [-0.1, -0.05) is 0 Å². The quantitative estimate of drug-likeness (QED) is 0.683. The lowest BCUT2D eigenvalue weighted by Crippen LogP contribution is -2.20. The average molecular weight is 365 g/mol. The number of nitrogens with one attached hydrogen (secondary N) is 3. The van der Waals surface area contributed by atoms with Crippen LogP contribution >= 0.6 is 12.2 Å². The fourth-order valence-corrected chi connectivity index (χ4v) is 2.90. The fraction of sp³-hybridized carbons (Fsp3) is 0.188. The summed E-state index contributed by atoms with van der Waals surface area (Å²) in [4.78, 5) is 0.195. The molecule has 0 saturated carbocycles. The van der Waals surface area contributed by atoms with Crippen molar-refractivity contribution in [3.05, 3.63) is 48.5 Å². The van der Waals surface area contributed by atoms with E-state index in [4.69, 9.17) is 17.0 Å². The smallest absolute Gasteiger partial charge is 0.240 e. The molecule has 0 spiro atoms. The second kappa shape index (κ2) is 8.09. The molecule has 128 valence electrons. The summed E-state index contributed by atoms with van der Waals surface area (Å²) in [5, 5.41) is 6.46. The molecule has 0 aromatic heterocycles. The Bertz CT molecular complexity index is 788. The molecule has 2 aromatic carbocycles. The molecule has 24 heavy (non-hydrogen) atoms. The summed E-state index contributed by atoms with van der Waals surface area (Å²) < 4.78 is 31.0. The monoisotopic (exact) mass is 365 g/mol. The molecule has 0 aliphatic rings. The number of rotatable bonds is 6. The van der Waals surface area contributed by atoms with Gasteiger partial charge in [-0.05, 0) is 74.7 Å². The van der Waals surface area contributed by atoms with Crippen molar-refractivity contribution >= 4 is 38.7 Å². The predicted molar refractivity (Wildman–Crippen MR) is 100 cm³/mol.